The lowest BCUT2D eigenvalue weighted by atomic mass is 9.87. The van der Waals surface area contributed by atoms with E-state index in [9.17, 15) is 13.2 Å². The number of aryl methyl sites for hydroxylation is 1. The van der Waals surface area contributed by atoms with Crippen molar-refractivity contribution in [3.63, 3.8) is 0 Å². The Balaban J connectivity index is 1.67. The Labute approximate surface area is 156 Å². The van der Waals surface area contributed by atoms with Gasteiger partial charge >= 0.3 is 0 Å². The Bertz CT molecular complexity index is 876. The summed E-state index contributed by atoms with van der Waals surface area (Å²) in [7, 11) is -3.83. The van der Waals surface area contributed by atoms with E-state index in [1.807, 2.05) is 6.07 Å². The molecule has 1 atom stereocenters. The van der Waals surface area contributed by atoms with Crippen LogP contribution in [0.15, 0.2) is 35.2 Å². The highest BCUT2D eigenvalue weighted by Gasteiger charge is 2.23. The molecule has 134 valence electrons. The first-order valence-corrected chi connectivity index (χ1v) is 10.8. The maximum Gasteiger partial charge on any atom is 0.276 e. The smallest absolute Gasteiger partial charge is 0.273 e. The molecule has 1 aliphatic rings. The minimum absolute atomic E-state index is 0.0356. The molecule has 1 aliphatic carbocycles. The van der Waals surface area contributed by atoms with Gasteiger partial charge in [-0.15, -0.1) is 16.2 Å². The molecule has 0 radical (unpaired) electrons. The van der Waals surface area contributed by atoms with Crippen molar-refractivity contribution in [1.82, 2.24) is 10.3 Å². The summed E-state index contributed by atoms with van der Waals surface area (Å²) in [6.45, 7) is 2.18. The lowest BCUT2D eigenvalue weighted by Gasteiger charge is -2.19. The maximum absolute atomic E-state index is 12.3. The van der Waals surface area contributed by atoms with Gasteiger partial charge in [-0.25, -0.2) is 8.42 Å². The Morgan fingerprint density at radius 3 is 2.72 bits per heavy atom. The molecular formula is C17H19ClN2O3S2. The third kappa shape index (κ3) is 4.23. The van der Waals surface area contributed by atoms with Crippen LogP contribution in [0.3, 0.4) is 0 Å². The molecule has 0 bridgehead atoms. The largest absolute Gasteiger partial charge is 0.276 e. The van der Waals surface area contributed by atoms with Gasteiger partial charge in [0.25, 0.3) is 15.9 Å². The number of halogens is 1. The molecule has 1 amide bonds. The second-order valence-corrected chi connectivity index (χ2v) is 9.35. The first kappa shape index (κ1) is 18.4. The molecule has 1 heterocycles. The first-order valence-electron chi connectivity index (χ1n) is 8.08. The third-order valence-electron chi connectivity index (χ3n) is 4.41. The fourth-order valence-electron chi connectivity index (χ4n) is 2.91. The minimum Gasteiger partial charge on any atom is -0.273 e. The summed E-state index contributed by atoms with van der Waals surface area (Å²) in [6.07, 6.45) is 4.26. The molecule has 0 unspecified atom stereocenters. The summed E-state index contributed by atoms with van der Waals surface area (Å²) in [5.74, 6) is 0.228. The number of sulfonamides is 1. The van der Waals surface area contributed by atoms with E-state index in [-0.39, 0.29) is 4.90 Å². The van der Waals surface area contributed by atoms with Crippen LogP contribution in [0.2, 0.25) is 5.02 Å². The predicted octanol–water partition coefficient (Wildman–Crippen LogP) is 3.54. The number of hydrogen-bond acceptors (Lipinski definition) is 4. The van der Waals surface area contributed by atoms with Crippen molar-refractivity contribution in [3.8, 4) is 0 Å². The normalized spacial score (nSPS) is 17.1. The monoisotopic (exact) mass is 398 g/mol. The SMILES string of the molecule is CC[C@@H]1CCc2sc(C(=O)NNS(=O)(=O)c3ccc(Cl)cc3)cc2C1. The number of amides is 1. The van der Waals surface area contributed by atoms with Crippen molar-refractivity contribution in [3.05, 3.63) is 50.7 Å². The van der Waals surface area contributed by atoms with Crippen LogP contribution >= 0.6 is 22.9 Å². The molecule has 1 aromatic heterocycles. The number of hydrazine groups is 1. The van der Waals surface area contributed by atoms with Crippen molar-refractivity contribution in [2.75, 3.05) is 0 Å². The summed E-state index contributed by atoms with van der Waals surface area (Å²) in [5.41, 5.74) is 3.50. The Kier molecular flexibility index (Phi) is 5.48. The highest BCUT2D eigenvalue weighted by Crippen LogP contribution is 2.33. The highest BCUT2D eigenvalue weighted by molar-refractivity contribution is 7.89. The Hall–Kier alpha value is -1.41. The van der Waals surface area contributed by atoms with Crippen LogP contribution in [-0.2, 0) is 22.9 Å². The Morgan fingerprint density at radius 1 is 1.32 bits per heavy atom. The van der Waals surface area contributed by atoms with Crippen LogP contribution in [0.4, 0.5) is 0 Å². The second kappa shape index (κ2) is 7.45. The molecule has 1 aromatic carbocycles. The van der Waals surface area contributed by atoms with E-state index in [0.717, 1.165) is 25.7 Å². The van der Waals surface area contributed by atoms with Crippen LogP contribution < -0.4 is 10.3 Å². The number of thiophene rings is 1. The number of hydrogen-bond donors (Lipinski definition) is 2. The van der Waals surface area contributed by atoms with E-state index in [0.29, 0.717) is 15.8 Å². The zero-order valence-electron chi connectivity index (χ0n) is 13.7. The predicted molar refractivity (Wildman–Crippen MR) is 99.4 cm³/mol. The molecular weight excluding hydrogens is 380 g/mol. The number of benzene rings is 1. The van der Waals surface area contributed by atoms with Gasteiger partial charge < -0.3 is 0 Å². The molecule has 0 aliphatic heterocycles. The molecule has 25 heavy (non-hydrogen) atoms. The van der Waals surface area contributed by atoms with Crippen molar-refractivity contribution in [2.45, 2.75) is 37.5 Å². The minimum atomic E-state index is -3.83. The van der Waals surface area contributed by atoms with Crippen molar-refractivity contribution < 1.29 is 13.2 Å². The number of rotatable bonds is 5. The summed E-state index contributed by atoms with van der Waals surface area (Å²) in [4.78, 5) is 16.2. The summed E-state index contributed by atoms with van der Waals surface area (Å²) in [6, 6.07) is 7.61. The first-order chi connectivity index (χ1) is 11.9. The molecule has 0 saturated carbocycles. The average molecular weight is 399 g/mol. The third-order valence-corrected chi connectivity index (χ3v) is 7.16. The highest BCUT2D eigenvalue weighted by atomic mass is 35.5. The molecule has 3 rings (SSSR count). The van der Waals surface area contributed by atoms with Crippen molar-refractivity contribution in [2.24, 2.45) is 5.92 Å². The number of carbonyl (C=O) groups excluding carboxylic acids is 1. The van der Waals surface area contributed by atoms with Crippen LogP contribution in [-0.4, -0.2) is 14.3 Å². The standard InChI is InChI=1S/C17H19ClN2O3S2/c1-2-11-3-8-15-12(9-11)10-16(24-15)17(21)19-20-25(22,23)14-6-4-13(18)5-7-14/h4-7,10-11,20H,2-3,8-9H2,1H3,(H,19,21)/t11-/m1/s1. The summed E-state index contributed by atoms with van der Waals surface area (Å²) in [5, 5.41) is 0.442. The van der Waals surface area contributed by atoms with E-state index < -0.39 is 15.9 Å². The maximum atomic E-state index is 12.3. The van der Waals surface area contributed by atoms with Crippen molar-refractivity contribution in [1.29, 1.82) is 0 Å². The van der Waals surface area contributed by atoms with Gasteiger partial charge in [-0.3, -0.25) is 10.2 Å². The lowest BCUT2D eigenvalue weighted by molar-refractivity contribution is 0.0949. The van der Waals surface area contributed by atoms with Crippen LogP contribution in [0.1, 0.15) is 39.9 Å². The topological polar surface area (TPSA) is 75.3 Å². The molecule has 8 heteroatoms. The van der Waals surface area contributed by atoms with Gasteiger partial charge in [0.1, 0.15) is 0 Å². The Morgan fingerprint density at radius 2 is 2.04 bits per heavy atom. The fourth-order valence-corrected chi connectivity index (χ4v) is 4.98. The van der Waals surface area contributed by atoms with Gasteiger partial charge in [0.05, 0.1) is 9.77 Å². The summed E-state index contributed by atoms with van der Waals surface area (Å²) < 4.78 is 24.4. The fraction of sp³-hybridized carbons (Fsp3) is 0.353. The van der Waals surface area contributed by atoms with Crippen molar-refractivity contribution >= 4 is 38.9 Å². The van der Waals surface area contributed by atoms with Gasteiger partial charge in [0, 0.05) is 9.90 Å². The lowest BCUT2D eigenvalue weighted by Crippen LogP contribution is -2.41. The number of fused-ring (bicyclic) bond motifs is 1. The molecule has 2 aromatic rings. The molecule has 2 N–H and O–H groups in total. The zero-order valence-corrected chi connectivity index (χ0v) is 16.1. The van der Waals surface area contributed by atoms with E-state index in [1.54, 1.807) is 0 Å². The van der Waals surface area contributed by atoms with Gasteiger partial charge in [-0.2, -0.15) is 0 Å². The molecule has 0 spiro atoms. The van der Waals surface area contributed by atoms with Crippen LogP contribution in [0, 0.1) is 5.92 Å². The summed E-state index contributed by atoms with van der Waals surface area (Å²) >= 11 is 7.20. The molecule has 5 nitrogen and oxygen atoms in total. The van der Waals surface area contributed by atoms with E-state index in [1.165, 1.54) is 46.0 Å². The van der Waals surface area contributed by atoms with E-state index in [4.69, 9.17) is 11.6 Å². The average Bonchev–Trinajstić information content (AvgIpc) is 3.03. The van der Waals surface area contributed by atoms with E-state index >= 15 is 0 Å². The number of carbonyl (C=O) groups is 1. The molecule has 0 fully saturated rings. The van der Waals surface area contributed by atoms with Crippen LogP contribution in [0.25, 0.3) is 0 Å². The van der Waals surface area contributed by atoms with Gasteiger partial charge in [-0.05, 0) is 61.1 Å². The van der Waals surface area contributed by atoms with Gasteiger partial charge in [-0.1, -0.05) is 24.9 Å². The van der Waals surface area contributed by atoms with Crippen LogP contribution in [0.5, 0.6) is 0 Å². The quantitative estimate of drug-likeness (QED) is 0.756. The van der Waals surface area contributed by atoms with Gasteiger partial charge in [0.2, 0.25) is 0 Å². The van der Waals surface area contributed by atoms with E-state index in [2.05, 4.69) is 17.2 Å². The number of nitrogens with one attached hydrogen (secondary N) is 2. The molecule has 0 saturated heterocycles. The second-order valence-electron chi connectivity index (χ2n) is 6.09. The van der Waals surface area contributed by atoms with Gasteiger partial charge in [0.15, 0.2) is 0 Å². The zero-order chi connectivity index (χ0) is 18.0.